The van der Waals surface area contributed by atoms with Crippen LogP contribution in [0.25, 0.3) is 21.9 Å². The molecule has 0 radical (unpaired) electrons. The molecule has 0 fully saturated rings. The molecule has 1 N–H and O–H groups in total. The minimum Gasteiger partial charge on any atom is -0.492 e. The lowest BCUT2D eigenvalue weighted by Gasteiger charge is -2.29. The Labute approximate surface area is 191 Å². The van der Waals surface area contributed by atoms with Crippen molar-refractivity contribution >= 4 is 28.3 Å². The van der Waals surface area contributed by atoms with Gasteiger partial charge in [-0.25, -0.2) is 4.79 Å². The summed E-state index contributed by atoms with van der Waals surface area (Å²) in [7, 11) is 1.57. The van der Waals surface area contributed by atoms with Crippen molar-refractivity contribution in [3.05, 3.63) is 63.0 Å². The highest BCUT2D eigenvalue weighted by atomic mass is 35.5. The minimum absolute atomic E-state index is 0.244. The van der Waals surface area contributed by atoms with Crippen LogP contribution in [0, 0.1) is 0 Å². The van der Waals surface area contributed by atoms with Gasteiger partial charge in [-0.05, 0) is 50.6 Å². The Morgan fingerprint density at radius 1 is 1.19 bits per heavy atom. The number of ether oxygens (including phenoxy) is 2. The van der Waals surface area contributed by atoms with Crippen LogP contribution in [0.5, 0.6) is 5.75 Å². The Hall–Kier alpha value is -2.83. The van der Waals surface area contributed by atoms with Gasteiger partial charge in [0, 0.05) is 23.6 Å². The maximum atomic E-state index is 13.2. The number of benzene rings is 2. The lowest BCUT2D eigenvalue weighted by atomic mass is 9.92. The van der Waals surface area contributed by atoms with Crippen LogP contribution in [0.4, 0.5) is 0 Å². The monoisotopic (exact) mass is 455 g/mol. The molecule has 2 aromatic carbocycles. The predicted molar refractivity (Wildman–Crippen MR) is 125 cm³/mol. The summed E-state index contributed by atoms with van der Waals surface area (Å²) in [6, 6.07) is 11.0. The number of nitrogens with zero attached hydrogens (tertiary/aromatic N) is 1. The van der Waals surface area contributed by atoms with E-state index >= 15 is 0 Å². The Balaban J connectivity index is 2.12. The Morgan fingerprint density at radius 3 is 2.53 bits per heavy atom. The molecule has 1 unspecified atom stereocenters. The summed E-state index contributed by atoms with van der Waals surface area (Å²) in [6.07, 6.45) is 0.401. The second-order valence-electron chi connectivity index (χ2n) is 8.99. The fourth-order valence-corrected chi connectivity index (χ4v) is 4.56. The van der Waals surface area contributed by atoms with Gasteiger partial charge in [0.2, 0.25) is 0 Å². The largest absolute Gasteiger partial charge is 0.492 e. The number of aryl methyl sites for hydroxylation is 1. The average molecular weight is 456 g/mol. The van der Waals surface area contributed by atoms with Crippen molar-refractivity contribution < 1.29 is 19.4 Å². The van der Waals surface area contributed by atoms with E-state index in [0.29, 0.717) is 39.3 Å². The summed E-state index contributed by atoms with van der Waals surface area (Å²) >= 11 is 6.84. The van der Waals surface area contributed by atoms with Crippen molar-refractivity contribution in [2.24, 2.45) is 7.05 Å². The predicted octanol–water partition coefficient (Wildman–Crippen LogP) is 5.12. The summed E-state index contributed by atoms with van der Waals surface area (Å²) in [5, 5.41) is 11.6. The molecule has 0 saturated heterocycles. The molecule has 1 aliphatic heterocycles. The molecule has 7 heteroatoms. The van der Waals surface area contributed by atoms with Gasteiger partial charge in [-0.1, -0.05) is 41.9 Å². The van der Waals surface area contributed by atoms with Gasteiger partial charge in [0.1, 0.15) is 5.75 Å². The first-order valence-corrected chi connectivity index (χ1v) is 10.9. The smallest absolute Gasteiger partial charge is 0.339 e. The Kier molecular flexibility index (Phi) is 5.77. The first kappa shape index (κ1) is 22.4. The van der Waals surface area contributed by atoms with Gasteiger partial charge < -0.3 is 19.1 Å². The summed E-state index contributed by atoms with van der Waals surface area (Å²) in [6.45, 7) is 5.91. The van der Waals surface area contributed by atoms with E-state index in [4.69, 9.17) is 21.1 Å². The number of carboxylic acid groups (broad SMARTS) is 1. The zero-order valence-electron chi connectivity index (χ0n) is 18.6. The van der Waals surface area contributed by atoms with Crippen LogP contribution < -0.4 is 10.3 Å². The van der Waals surface area contributed by atoms with Gasteiger partial charge in [-0.2, -0.15) is 0 Å². The normalized spacial score (nSPS) is 14.7. The highest BCUT2D eigenvalue weighted by Crippen LogP contribution is 2.45. The van der Waals surface area contributed by atoms with Crippen molar-refractivity contribution in [3.8, 4) is 16.9 Å². The fraction of sp³-hybridized carbons (Fsp3) is 0.360. The van der Waals surface area contributed by atoms with Crippen LogP contribution >= 0.6 is 11.6 Å². The molecule has 32 heavy (non-hydrogen) atoms. The van der Waals surface area contributed by atoms with E-state index in [-0.39, 0.29) is 11.3 Å². The van der Waals surface area contributed by atoms with E-state index < -0.39 is 17.7 Å². The summed E-state index contributed by atoms with van der Waals surface area (Å²) in [5.74, 6) is -0.570. The van der Waals surface area contributed by atoms with Crippen molar-refractivity contribution in [2.45, 2.75) is 45.3 Å². The number of aliphatic carboxylic acids is 1. The molecular weight excluding hydrogens is 430 g/mol. The van der Waals surface area contributed by atoms with Crippen molar-refractivity contribution in [1.82, 2.24) is 4.57 Å². The number of carbonyl (C=O) groups is 1. The number of carboxylic acids is 1. The lowest BCUT2D eigenvalue weighted by molar-refractivity contribution is -0.161. The fourth-order valence-electron chi connectivity index (χ4n) is 4.23. The standard InChI is InChI=1S/C25H26ClNO5/c1-25(2,3)32-22(24(29)30)20-18(15-9-5-6-10-16(15)23(28)27(20)4)17-12-11-14-8-7-13-31-21(14)19(17)26/h5-6,9-12,22H,7-8,13H2,1-4H3,(H,29,30). The van der Waals surface area contributed by atoms with E-state index in [9.17, 15) is 14.7 Å². The number of pyridine rings is 1. The van der Waals surface area contributed by atoms with Crippen molar-refractivity contribution in [3.63, 3.8) is 0 Å². The SMILES string of the molecule is Cn1c(C(OC(C)(C)C)C(=O)O)c(-c2ccc3c(c2Cl)OCCC3)c2ccccc2c1=O. The molecule has 3 aromatic rings. The molecule has 1 atom stereocenters. The van der Waals surface area contributed by atoms with Crippen LogP contribution in [-0.2, 0) is 23.0 Å². The van der Waals surface area contributed by atoms with Gasteiger partial charge in [0.25, 0.3) is 5.56 Å². The third-order valence-corrected chi connectivity index (χ3v) is 5.95. The quantitative estimate of drug-likeness (QED) is 0.590. The average Bonchev–Trinajstić information content (AvgIpc) is 2.75. The number of hydrogen-bond donors (Lipinski definition) is 1. The molecule has 2 heterocycles. The molecule has 0 saturated carbocycles. The van der Waals surface area contributed by atoms with Gasteiger partial charge in [-0.15, -0.1) is 0 Å². The number of aromatic nitrogens is 1. The zero-order chi connectivity index (χ0) is 23.2. The second-order valence-corrected chi connectivity index (χ2v) is 9.36. The summed E-state index contributed by atoms with van der Waals surface area (Å²) < 4.78 is 13.2. The third kappa shape index (κ3) is 3.89. The maximum Gasteiger partial charge on any atom is 0.339 e. The zero-order valence-corrected chi connectivity index (χ0v) is 19.3. The summed E-state index contributed by atoms with van der Waals surface area (Å²) in [4.78, 5) is 25.6. The number of hydrogen-bond acceptors (Lipinski definition) is 4. The Bertz CT molecular complexity index is 1270. The van der Waals surface area contributed by atoms with Gasteiger partial charge in [-0.3, -0.25) is 4.79 Å². The van der Waals surface area contributed by atoms with Crippen LogP contribution in [0.1, 0.15) is 44.6 Å². The molecule has 1 aliphatic rings. The minimum atomic E-state index is -1.37. The van der Waals surface area contributed by atoms with E-state index in [0.717, 1.165) is 18.4 Å². The molecule has 0 aliphatic carbocycles. The van der Waals surface area contributed by atoms with E-state index in [1.54, 1.807) is 40.0 Å². The Morgan fingerprint density at radius 2 is 1.88 bits per heavy atom. The molecule has 1 aromatic heterocycles. The molecule has 168 valence electrons. The van der Waals surface area contributed by atoms with Crippen LogP contribution in [-0.4, -0.2) is 27.9 Å². The topological polar surface area (TPSA) is 77.8 Å². The first-order valence-electron chi connectivity index (χ1n) is 10.6. The number of halogens is 1. The van der Waals surface area contributed by atoms with Crippen LogP contribution in [0.15, 0.2) is 41.2 Å². The first-order chi connectivity index (χ1) is 15.1. The van der Waals surface area contributed by atoms with Crippen LogP contribution in [0.2, 0.25) is 5.02 Å². The lowest BCUT2D eigenvalue weighted by Crippen LogP contribution is -2.33. The third-order valence-electron chi connectivity index (χ3n) is 5.58. The maximum absolute atomic E-state index is 13.2. The van der Waals surface area contributed by atoms with Crippen molar-refractivity contribution in [2.75, 3.05) is 6.61 Å². The van der Waals surface area contributed by atoms with Crippen LogP contribution in [0.3, 0.4) is 0 Å². The molecule has 4 rings (SSSR count). The molecule has 0 amide bonds. The molecule has 6 nitrogen and oxygen atoms in total. The van der Waals surface area contributed by atoms with E-state index in [2.05, 4.69) is 0 Å². The van der Waals surface area contributed by atoms with Gasteiger partial charge in [0.05, 0.1) is 22.9 Å². The number of rotatable bonds is 4. The molecular formula is C25H26ClNO5. The molecule has 0 spiro atoms. The highest BCUT2D eigenvalue weighted by Gasteiger charge is 2.34. The molecule has 0 bridgehead atoms. The van der Waals surface area contributed by atoms with E-state index in [1.165, 1.54) is 4.57 Å². The second kappa shape index (κ2) is 8.26. The highest BCUT2D eigenvalue weighted by molar-refractivity contribution is 6.35. The van der Waals surface area contributed by atoms with Crippen molar-refractivity contribution in [1.29, 1.82) is 0 Å². The van der Waals surface area contributed by atoms with Gasteiger partial charge >= 0.3 is 5.97 Å². The van der Waals surface area contributed by atoms with Gasteiger partial charge in [0.15, 0.2) is 6.10 Å². The van der Waals surface area contributed by atoms with E-state index in [1.807, 2.05) is 24.3 Å². The number of fused-ring (bicyclic) bond motifs is 2. The summed E-state index contributed by atoms with van der Waals surface area (Å²) in [5.41, 5.74) is 1.37.